The number of carbonyl (C=O) groups excluding carboxylic acids is 1. The lowest BCUT2D eigenvalue weighted by atomic mass is 10.2. The number of benzene rings is 1. The van der Waals surface area contributed by atoms with E-state index in [2.05, 4.69) is 22.6 Å². The second-order valence-corrected chi connectivity index (χ2v) is 6.32. The third kappa shape index (κ3) is 4.22. The van der Waals surface area contributed by atoms with Crippen LogP contribution >= 0.6 is 12.6 Å². The SMILES string of the molecule is COc1ccc(CN2Cc3nc(-c4ccc(C)nc4)oc3C2=O)c(OC)c1.CS. The molecule has 2 aromatic heterocycles. The minimum atomic E-state index is -0.179. The Kier molecular flexibility index (Phi) is 6.43. The summed E-state index contributed by atoms with van der Waals surface area (Å²) in [5, 5.41) is 0. The summed E-state index contributed by atoms with van der Waals surface area (Å²) in [4.78, 5) is 23.1. The monoisotopic (exact) mass is 413 g/mol. The molecule has 152 valence electrons. The predicted molar refractivity (Wildman–Crippen MR) is 113 cm³/mol. The zero-order valence-electron chi connectivity index (χ0n) is 16.8. The van der Waals surface area contributed by atoms with Gasteiger partial charge in [0.25, 0.3) is 5.91 Å². The highest BCUT2D eigenvalue weighted by molar-refractivity contribution is 7.79. The van der Waals surface area contributed by atoms with Gasteiger partial charge < -0.3 is 18.8 Å². The van der Waals surface area contributed by atoms with Crippen LogP contribution in [-0.2, 0) is 13.1 Å². The largest absolute Gasteiger partial charge is 0.497 e. The van der Waals surface area contributed by atoms with Gasteiger partial charge >= 0.3 is 0 Å². The van der Waals surface area contributed by atoms with E-state index in [4.69, 9.17) is 13.9 Å². The number of carbonyl (C=O) groups is 1. The van der Waals surface area contributed by atoms with E-state index in [-0.39, 0.29) is 11.7 Å². The van der Waals surface area contributed by atoms with Gasteiger partial charge in [0.05, 0.1) is 32.9 Å². The number of fused-ring (bicyclic) bond motifs is 1. The topological polar surface area (TPSA) is 77.7 Å². The van der Waals surface area contributed by atoms with Crippen LogP contribution in [0.4, 0.5) is 0 Å². The van der Waals surface area contributed by atoms with Crippen LogP contribution in [0.25, 0.3) is 11.5 Å². The summed E-state index contributed by atoms with van der Waals surface area (Å²) >= 11 is 3.53. The third-order valence-electron chi connectivity index (χ3n) is 4.53. The standard InChI is InChI=1S/C20H19N3O4.CH4S/c1-12-4-5-13(9-21-12)19-22-16-11-23(20(24)18(16)27-19)10-14-6-7-15(25-2)8-17(14)26-3;1-2/h4-9H,10-11H2,1-3H3;2H,1H3. The first-order valence-corrected chi connectivity index (χ1v) is 9.86. The molecule has 0 saturated carbocycles. The average Bonchev–Trinajstić information content (AvgIpc) is 3.30. The minimum Gasteiger partial charge on any atom is -0.497 e. The molecule has 4 rings (SSSR count). The van der Waals surface area contributed by atoms with Crippen LogP contribution in [0.2, 0.25) is 0 Å². The second kappa shape index (κ2) is 9.00. The number of methoxy groups -OCH3 is 2. The van der Waals surface area contributed by atoms with Crippen molar-refractivity contribution in [2.24, 2.45) is 0 Å². The number of rotatable bonds is 5. The number of hydrogen-bond donors (Lipinski definition) is 1. The summed E-state index contributed by atoms with van der Waals surface area (Å²) in [7, 11) is 3.20. The van der Waals surface area contributed by atoms with E-state index in [1.165, 1.54) is 0 Å². The number of thiol groups is 1. The first-order chi connectivity index (χ1) is 14.1. The van der Waals surface area contributed by atoms with Gasteiger partial charge in [-0.15, -0.1) is 0 Å². The summed E-state index contributed by atoms with van der Waals surface area (Å²) in [6.07, 6.45) is 3.39. The maximum absolute atomic E-state index is 12.7. The van der Waals surface area contributed by atoms with Crippen molar-refractivity contribution in [1.29, 1.82) is 0 Å². The van der Waals surface area contributed by atoms with Crippen molar-refractivity contribution in [3.8, 4) is 23.0 Å². The molecule has 0 spiro atoms. The molecule has 1 aliphatic heterocycles. The zero-order valence-corrected chi connectivity index (χ0v) is 17.7. The van der Waals surface area contributed by atoms with E-state index in [9.17, 15) is 4.79 Å². The fraction of sp³-hybridized carbons (Fsp3) is 0.286. The number of amides is 1. The number of ether oxygens (including phenoxy) is 2. The summed E-state index contributed by atoms with van der Waals surface area (Å²) in [5.74, 6) is 1.90. The Hall–Kier alpha value is -3.00. The molecular weight excluding hydrogens is 390 g/mol. The molecule has 0 N–H and O–H groups in total. The fourth-order valence-electron chi connectivity index (χ4n) is 3.06. The van der Waals surface area contributed by atoms with Gasteiger partial charge in [0.2, 0.25) is 11.7 Å². The Morgan fingerprint density at radius 3 is 2.59 bits per heavy atom. The lowest BCUT2D eigenvalue weighted by Gasteiger charge is -2.17. The maximum Gasteiger partial charge on any atom is 0.292 e. The summed E-state index contributed by atoms with van der Waals surface area (Å²) < 4.78 is 16.4. The zero-order chi connectivity index (χ0) is 21.0. The number of pyridine rings is 1. The maximum atomic E-state index is 12.7. The van der Waals surface area contributed by atoms with Crippen molar-refractivity contribution in [3.05, 3.63) is 59.2 Å². The lowest BCUT2D eigenvalue weighted by Crippen LogP contribution is -2.23. The van der Waals surface area contributed by atoms with Crippen LogP contribution in [0.5, 0.6) is 11.5 Å². The molecular formula is C21H23N3O4S. The van der Waals surface area contributed by atoms with Crippen molar-refractivity contribution >= 4 is 18.5 Å². The second-order valence-electron chi connectivity index (χ2n) is 6.32. The van der Waals surface area contributed by atoms with E-state index in [1.54, 1.807) is 37.6 Å². The van der Waals surface area contributed by atoms with Gasteiger partial charge in [0.15, 0.2) is 0 Å². The Labute approximate surface area is 175 Å². The molecule has 0 radical (unpaired) electrons. The van der Waals surface area contributed by atoms with E-state index < -0.39 is 0 Å². The molecule has 8 heteroatoms. The van der Waals surface area contributed by atoms with E-state index in [0.717, 1.165) is 16.8 Å². The van der Waals surface area contributed by atoms with E-state index in [1.807, 2.05) is 31.2 Å². The molecule has 7 nitrogen and oxygen atoms in total. The van der Waals surface area contributed by atoms with E-state index in [0.29, 0.717) is 36.2 Å². The summed E-state index contributed by atoms with van der Waals surface area (Å²) in [5.41, 5.74) is 3.20. The van der Waals surface area contributed by atoms with Gasteiger partial charge in [-0.2, -0.15) is 12.6 Å². The molecule has 3 heterocycles. The van der Waals surface area contributed by atoms with Gasteiger partial charge in [-0.3, -0.25) is 9.78 Å². The lowest BCUT2D eigenvalue weighted by molar-refractivity contribution is 0.0739. The average molecular weight is 413 g/mol. The van der Waals surface area contributed by atoms with Crippen LogP contribution in [-0.4, -0.2) is 41.3 Å². The molecule has 3 aromatic rings. The normalized spacial score (nSPS) is 12.3. The highest BCUT2D eigenvalue weighted by atomic mass is 32.1. The smallest absolute Gasteiger partial charge is 0.292 e. The quantitative estimate of drug-likeness (QED) is 0.642. The minimum absolute atomic E-state index is 0.179. The summed E-state index contributed by atoms with van der Waals surface area (Å²) in [6, 6.07) is 9.30. The summed E-state index contributed by atoms with van der Waals surface area (Å²) in [6.45, 7) is 2.71. The van der Waals surface area contributed by atoms with Crippen LogP contribution in [0.15, 0.2) is 40.9 Å². The molecule has 0 saturated heterocycles. The van der Waals surface area contributed by atoms with Crippen LogP contribution in [0.1, 0.15) is 27.5 Å². The van der Waals surface area contributed by atoms with Gasteiger partial charge in [-0.1, -0.05) is 0 Å². The van der Waals surface area contributed by atoms with Crippen molar-refractivity contribution in [3.63, 3.8) is 0 Å². The number of aromatic nitrogens is 2. The molecule has 1 aliphatic rings. The van der Waals surface area contributed by atoms with Crippen molar-refractivity contribution in [2.45, 2.75) is 20.0 Å². The number of nitrogens with zero attached hydrogens (tertiary/aromatic N) is 3. The van der Waals surface area contributed by atoms with E-state index >= 15 is 0 Å². The Bertz CT molecular complexity index is 1000. The van der Waals surface area contributed by atoms with Crippen LogP contribution in [0, 0.1) is 6.92 Å². The van der Waals surface area contributed by atoms with Crippen LogP contribution in [0.3, 0.4) is 0 Å². The Balaban J connectivity index is 0.00000117. The number of hydrogen-bond acceptors (Lipinski definition) is 7. The van der Waals surface area contributed by atoms with Crippen molar-refractivity contribution in [1.82, 2.24) is 14.9 Å². The van der Waals surface area contributed by atoms with Gasteiger partial charge in [0.1, 0.15) is 17.2 Å². The third-order valence-corrected chi connectivity index (χ3v) is 4.53. The molecule has 1 aromatic carbocycles. The first kappa shape index (κ1) is 20.7. The fourth-order valence-corrected chi connectivity index (χ4v) is 3.06. The molecule has 0 atom stereocenters. The molecule has 0 bridgehead atoms. The predicted octanol–water partition coefficient (Wildman–Crippen LogP) is 3.76. The Morgan fingerprint density at radius 1 is 1.17 bits per heavy atom. The van der Waals surface area contributed by atoms with Crippen molar-refractivity contribution in [2.75, 3.05) is 20.5 Å². The number of aryl methyl sites for hydroxylation is 1. The molecule has 0 fully saturated rings. The Morgan fingerprint density at radius 2 is 1.97 bits per heavy atom. The van der Waals surface area contributed by atoms with Gasteiger partial charge in [-0.05, 0) is 37.4 Å². The number of oxazole rings is 1. The molecule has 0 unspecified atom stereocenters. The van der Waals surface area contributed by atoms with Gasteiger partial charge in [-0.25, -0.2) is 4.98 Å². The highest BCUT2D eigenvalue weighted by Crippen LogP contribution is 2.32. The molecule has 29 heavy (non-hydrogen) atoms. The molecule has 0 aliphatic carbocycles. The molecule has 1 amide bonds. The highest BCUT2D eigenvalue weighted by Gasteiger charge is 2.34. The van der Waals surface area contributed by atoms with Gasteiger partial charge in [0, 0.05) is 23.5 Å². The van der Waals surface area contributed by atoms with Crippen molar-refractivity contribution < 1.29 is 18.7 Å². The first-order valence-electron chi connectivity index (χ1n) is 8.96. The van der Waals surface area contributed by atoms with Crippen LogP contribution < -0.4 is 9.47 Å².